The predicted octanol–water partition coefficient (Wildman–Crippen LogP) is 3.94. The van der Waals surface area contributed by atoms with Gasteiger partial charge in [-0.05, 0) is 50.9 Å². The van der Waals surface area contributed by atoms with Crippen molar-refractivity contribution in [1.29, 1.82) is 0 Å². The zero-order valence-electron chi connectivity index (χ0n) is 12.0. The van der Waals surface area contributed by atoms with E-state index in [1.807, 2.05) is 16.8 Å². The quantitative estimate of drug-likeness (QED) is 0.771. The van der Waals surface area contributed by atoms with Crippen LogP contribution in [0.1, 0.15) is 56.5 Å². The zero-order chi connectivity index (χ0) is 13.0. The van der Waals surface area contributed by atoms with E-state index in [1.54, 1.807) is 0 Å². The van der Waals surface area contributed by atoms with Crippen LogP contribution in [0.4, 0.5) is 0 Å². The van der Waals surface area contributed by atoms with Crippen molar-refractivity contribution in [2.45, 2.75) is 65.3 Å². The SMILES string of the molecule is CCC(CC)(CCc1scnc1C)CNC1CC1. The van der Waals surface area contributed by atoms with Gasteiger partial charge in [-0.2, -0.15) is 0 Å². The number of thiazole rings is 1. The minimum Gasteiger partial charge on any atom is -0.313 e. The fourth-order valence-electron chi connectivity index (χ4n) is 2.54. The third-order valence-electron chi connectivity index (χ3n) is 4.57. The summed E-state index contributed by atoms with van der Waals surface area (Å²) in [4.78, 5) is 5.84. The topological polar surface area (TPSA) is 24.9 Å². The maximum atomic E-state index is 4.36. The Labute approximate surface area is 115 Å². The summed E-state index contributed by atoms with van der Waals surface area (Å²) >= 11 is 1.82. The fourth-order valence-corrected chi connectivity index (χ4v) is 3.32. The molecule has 1 heterocycles. The highest BCUT2D eigenvalue weighted by molar-refractivity contribution is 7.09. The average molecular weight is 266 g/mol. The monoisotopic (exact) mass is 266 g/mol. The molecule has 1 N–H and O–H groups in total. The summed E-state index contributed by atoms with van der Waals surface area (Å²) in [5.74, 6) is 0. The molecule has 1 aromatic rings. The van der Waals surface area contributed by atoms with Crippen molar-refractivity contribution in [1.82, 2.24) is 10.3 Å². The Hall–Kier alpha value is -0.410. The Morgan fingerprint density at radius 2 is 2.11 bits per heavy atom. The Morgan fingerprint density at radius 1 is 1.39 bits per heavy atom. The van der Waals surface area contributed by atoms with Gasteiger partial charge in [-0.1, -0.05) is 13.8 Å². The second-order valence-electron chi connectivity index (χ2n) is 5.72. The molecule has 1 fully saturated rings. The van der Waals surface area contributed by atoms with E-state index >= 15 is 0 Å². The highest BCUT2D eigenvalue weighted by Gasteiger charge is 2.29. The molecule has 2 nitrogen and oxygen atoms in total. The van der Waals surface area contributed by atoms with Crippen LogP contribution >= 0.6 is 11.3 Å². The van der Waals surface area contributed by atoms with Crippen molar-refractivity contribution in [2.24, 2.45) is 5.41 Å². The van der Waals surface area contributed by atoms with Crippen LogP contribution in [0, 0.1) is 12.3 Å². The van der Waals surface area contributed by atoms with Crippen molar-refractivity contribution < 1.29 is 0 Å². The van der Waals surface area contributed by atoms with Gasteiger partial charge in [0.2, 0.25) is 0 Å². The van der Waals surface area contributed by atoms with Gasteiger partial charge >= 0.3 is 0 Å². The Morgan fingerprint density at radius 3 is 2.61 bits per heavy atom. The molecule has 1 aliphatic carbocycles. The van der Waals surface area contributed by atoms with Crippen LogP contribution < -0.4 is 5.32 Å². The van der Waals surface area contributed by atoms with Crippen LogP contribution in [0.5, 0.6) is 0 Å². The van der Waals surface area contributed by atoms with Crippen LogP contribution in [-0.2, 0) is 6.42 Å². The standard InChI is InChI=1S/C15H26N2S/c1-4-15(5-2,10-16-13-6-7-13)9-8-14-12(3)17-11-18-14/h11,13,16H,4-10H2,1-3H3. The molecule has 0 saturated heterocycles. The van der Waals surface area contributed by atoms with Crippen molar-refractivity contribution in [3.63, 3.8) is 0 Å². The minimum atomic E-state index is 0.485. The number of rotatable bonds is 8. The molecule has 0 spiro atoms. The van der Waals surface area contributed by atoms with Crippen molar-refractivity contribution in [3.8, 4) is 0 Å². The molecule has 102 valence electrons. The Balaban J connectivity index is 1.89. The predicted molar refractivity (Wildman–Crippen MR) is 79.2 cm³/mol. The lowest BCUT2D eigenvalue weighted by atomic mass is 9.78. The van der Waals surface area contributed by atoms with Gasteiger partial charge in [0.05, 0.1) is 11.2 Å². The molecule has 1 saturated carbocycles. The van der Waals surface area contributed by atoms with E-state index in [0.29, 0.717) is 5.41 Å². The zero-order valence-corrected chi connectivity index (χ0v) is 12.8. The van der Waals surface area contributed by atoms with Crippen molar-refractivity contribution in [3.05, 3.63) is 16.1 Å². The molecule has 0 bridgehead atoms. The van der Waals surface area contributed by atoms with Gasteiger partial charge in [0.25, 0.3) is 0 Å². The molecular weight excluding hydrogens is 240 g/mol. The summed E-state index contributed by atoms with van der Waals surface area (Å²) in [6.07, 6.45) is 7.82. The summed E-state index contributed by atoms with van der Waals surface area (Å²) in [5.41, 5.74) is 3.70. The first kappa shape index (κ1) is 14.0. The van der Waals surface area contributed by atoms with E-state index in [-0.39, 0.29) is 0 Å². The first-order valence-electron chi connectivity index (χ1n) is 7.31. The molecule has 0 aromatic carbocycles. The largest absolute Gasteiger partial charge is 0.313 e. The second kappa shape index (κ2) is 6.16. The minimum absolute atomic E-state index is 0.485. The van der Waals surface area contributed by atoms with Crippen LogP contribution in [0.2, 0.25) is 0 Å². The normalized spacial score (nSPS) is 16.2. The van der Waals surface area contributed by atoms with Gasteiger partial charge in [0, 0.05) is 17.5 Å². The van der Waals surface area contributed by atoms with Gasteiger partial charge in [0.15, 0.2) is 0 Å². The molecule has 3 heteroatoms. The smallest absolute Gasteiger partial charge is 0.0797 e. The van der Waals surface area contributed by atoms with Gasteiger partial charge < -0.3 is 5.32 Å². The van der Waals surface area contributed by atoms with E-state index in [2.05, 4.69) is 31.1 Å². The first-order chi connectivity index (χ1) is 8.69. The fraction of sp³-hybridized carbons (Fsp3) is 0.800. The van der Waals surface area contributed by atoms with E-state index in [4.69, 9.17) is 0 Å². The Kier molecular flexibility index (Phi) is 4.79. The highest BCUT2D eigenvalue weighted by Crippen LogP contribution is 2.33. The van der Waals surface area contributed by atoms with E-state index < -0.39 is 0 Å². The lowest BCUT2D eigenvalue weighted by molar-refractivity contribution is 0.227. The van der Waals surface area contributed by atoms with E-state index in [9.17, 15) is 0 Å². The number of hydrogen-bond acceptors (Lipinski definition) is 3. The Bertz CT molecular complexity index is 364. The van der Waals surface area contributed by atoms with Crippen LogP contribution in [-0.4, -0.2) is 17.6 Å². The molecule has 0 atom stereocenters. The molecule has 2 rings (SSSR count). The summed E-state index contributed by atoms with van der Waals surface area (Å²) < 4.78 is 0. The lowest BCUT2D eigenvalue weighted by Crippen LogP contribution is -2.35. The molecule has 0 aliphatic heterocycles. The van der Waals surface area contributed by atoms with E-state index in [1.165, 1.54) is 55.6 Å². The van der Waals surface area contributed by atoms with Gasteiger partial charge in [-0.25, -0.2) is 4.98 Å². The summed E-state index contributed by atoms with van der Waals surface area (Å²) in [6, 6.07) is 0.826. The summed E-state index contributed by atoms with van der Waals surface area (Å²) in [7, 11) is 0. The molecule has 0 unspecified atom stereocenters. The third kappa shape index (κ3) is 3.55. The molecule has 1 aromatic heterocycles. The number of nitrogens with zero attached hydrogens (tertiary/aromatic N) is 1. The van der Waals surface area contributed by atoms with Crippen molar-refractivity contribution in [2.75, 3.05) is 6.54 Å². The van der Waals surface area contributed by atoms with E-state index in [0.717, 1.165) is 6.04 Å². The van der Waals surface area contributed by atoms with Gasteiger partial charge in [-0.15, -0.1) is 11.3 Å². The molecule has 18 heavy (non-hydrogen) atoms. The third-order valence-corrected chi connectivity index (χ3v) is 5.57. The molecular formula is C15H26N2S. The average Bonchev–Trinajstić information content (AvgIpc) is 3.13. The maximum Gasteiger partial charge on any atom is 0.0797 e. The van der Waals surface area contributed by atoms with Crippen molar-refractivity contribution >= 4 is 11.3 Å². The van der Waals surface area contributed by atoms with Crippen LogP contribution in [0.15, 0.2) is 5.51 Å². The molecule has 0 radical (unpaired) electrons. The summed E-state index contributed by atoms with van der Waals surface area (Å²) in [6.45, 7) is 8.02. The van der Waals surface area contributed by atoms with Gasteiger partial charge in [-0.3, -0.25) is 0 Å². The molecule has 0 amide bonds. The number of nitrogens with one attached hydrogen (secondary N) is 1. The van der Waals surface area contributed by atoms with Crippen LogP contribution in [0.3, 0.4) is 0 Å². The first-order valence-corrected chi connectivity index (χ1v) is 8.19. The molecule has 1 aliphatic rings. The van der Waals surface area contributed by atoms with Crippen LogP contribution in [0.25, 0.3) is 0 Å². The number of aryl methyl sites for hydroxylation is 2. The lowest BCUT2D eigenvalue weighted by Gasteiger charge is -2.32. The second-order valence-corrected chi connectivity index (χ2v) is 6.66. The summed E-state index contributed by atoms with van der Waals surface area (Å²) in [5, 5.41) is 3.73. The maximum absolute atomic E-state index is 4.36. The number of aromatic nitrogens is 1. The highest BCUT2D eigenvalue weighted by atomic mass is 32.1. The van der Waals surface area contributed by atoms with Gasteiger partial charge in [0.1, 0.15) is 0 Å². The number of hydrogen-bond donors (Lipinski definition) is 1.